The van der Waals surface area contributed by atoms with Gasteiger partial charge < -0.3 is 0 Å². The Bertz CT molecular complexity index is 353. The first-order valence-corrected chi connectivity index (χ1v) is 3.47. The average molecular weight is 145 g/mol. The Balaban J connectivity index is 2.74. The van der Waals surface area contributed by atoms with Gasteiger partial charge in [0.15, 0.2) is 5.78 Å². The van der Waals surface area contributed by atoms with Crippen molar-refractivity contribution in [1.29, 1.82) is 0 Å². The molecular formula is C9H7NO. The molecule has 0 amide bonds. The van der Waals surface area contributed by atoms with Crippen molar-refractivity contribution in [2.45, 2.75) is 6.92 Å². The molecule has 0 atom stereocenters. The summed E-state index contributed by atoms with van der Waals surface area (Å²) in [5, 5.41) is 0. The van der Waals surface area contributed by atoms with Crippen molar-refractivity contribution >= 4 is 11.9 Å². The maximum Gasteiger partial charge on any atom is 0.188 e. The van der Waals surface area contributed by atoms with Crippen LogP contribution in [0.1, 0.15) is 21.6 Å². The number of ketones is 1. The number of carbonyl (C=O) groups excluding carboxylic acids is 1. The quantitative estimate of drug-likeness (QED) is 0.555. The Morgan fingerprint density at radius 2 is 2.18 bits per heavy atom. The molecule has 0 N–H and O–H groups in total. The summed E-state index contributed by atoms with van der Waals surface area (Å²) in [7, 11) is 0. The first-order chi connectivity index (χ1) is 5.29. The molecule has 0 aliphatic heterocycles. The average Bonchev–Trinajstić information content (AvgIpc) is 2.34. The topological polar surface area (TPSA) is 30.0 Å². The largest absolute Gasteiger partial charge is 0.289 e. The molecule has 0 aromatic carbocycles. The Labute approximate surface area is 64.6 Å². The van der Waals surface area contributed by atoms with Crippen LogP contribution in [0, 0.1) is 6.92 Å². The summed E-state index contributed by atoms with van der Waals surface area (Å²) in [6, 6.07) is 1.85. The maximum atomic E-state index is 11.2. The fourth-order valence-corrected chi connectivity index (χ4v) is 1.29. The molecule has 0 saturated carbocycles. The predicted octanol–water partition coefficient (Wildman–Crippen LogP) is 1.60. The third-order valence-electron chi connectivity index (χ3n) is 1.83. The number of hydrogen-bond donors (Lipinski definition) is 0. The van der Waals surface area contributed by atoms with Crippen molar-refractivity contribution in [3.63, 3.8) is 0 Å². The molecule has 0 spiro atoms. The first-order valence-electron chi connectivity index (χ1n) is 3.47. The van der Waals surface area contributed by atoms with Gasteiger partial charge in [0.05, 0.1) is 5.56 Å². The molecule has 1 heterocycles. The summed E-state index contributed by atoms with van der Waals surface area (Å²) in [4.78, 5) is 15.2. The number of allylic oxidation sites excluding steroid dienone is 1. The molecule has 2 nitrogen and oxygen atoms in total. The molecule has 1 aromatic heterocycles. The SMILES string of the molecule is Cc1nccc2c1C(=O)C=C2. The standard InChI is InChI=1S/C9H7NO/c1-6-9-7(4-5-10-6)2-3-8(9)11/h2-5H,1H3. The Kier molecular flexibility index (Phi) is 1.15. The summed E-state index contributed by atoms with van der Waals surface area (Å²) in [5.41, 5.74) is 2.56. The van der Waals surface area contributed by atoms with Crippen LogP contribution in [0.15, 0.2) is 18.3 Å². The molecule has 11 heavy (non-hydrogen) atoms. The summed E-state index contributed by atoms with van der Waals surface area (Å²) in [5.74, 6) is 0.0746. The molecule has 0 bridgehead atoms. The zero-order chi connectivity index (χ0) is 7.84. The van der Waals surface area contributed by atoms with Crippen molar-refractivity contribution in [2.24, 2.45) is 0 Å². The second kappa shape index (κ2) is 2.02. The minimum Gasteiger partial charge on any atom is -0.289 e. The summed E-state index contributed by atoms with van der Waals surface area (Å²) in [6.07, 6.45) is 5.13. The summed E-state index contributed by atoms with van der Waals surface area (Å²) in [6.45, 7) is 1.85. The van der Waals surface area contributed by atoms with Crippen molar-refractivity contribution < 1.29 is 4.79 Å². The number of aromatic nitrogens is 1. The summed E-state index contributed by atoms with van der Waals surface area (Å²) >= 11 is 0. The molecular weight excluding hydrogens is 138 g/mol. The van der Waals surface area contributed by atoms with Crippen LogP contribution in [-0.2, 0) is 0 Å². The fraction of sp³-hybridized carbons (Fsp3) is 0.111. The smallest absolute Gasteiger partial charge is 0.188 e. The van der Waals surface area contributed by atoms with E-state index in [-0.39, 0.29) is 5.78 Å². The van der Waals surface area contributed by atoms with Gasteiger partial charge in [0.1, 0.15) is 0 Å². The Morgan fingerprint density at radius 3 is 2.91 bits per heavy atom. The van der Waals surface area contributed by atoms with E-state index in [4.69, 9.17) is 0 Å². The van der Waals surface area contributed by atoms with Gasteiger partial charge in [-0.3, -0.25) is 9.78 Å². The highest BCUT2D eigenvalue weighted by Gasteiger charge is 2.15. The van der Waals surface area contributed by atoms with Crippen LogP contribution in [0.3, 0.4) is 0 Å². The molecule has 2 rings (SSSR count). The van der Waals surface area contributed by atoms with Crippen molar-refractivity contribution in [3.05, 3.63) is 35.2 Å². The van der Waals surface area contributed by atoms with E-state index in [1.54, 1.807) is 12.3 Å². The monoisotopic (exact) mass is 145 g/mol. The van der Waals surface area contributed by atoms with Gasteiger partial charge in [-0.05, 0) is 24.6 Å². The Morgan fingerprint density at radius 1 is 1.36 bits per heavy atom. The van der Waals surface area contributed by atoms with Crippen LogP contribution in [-0.4, -0.2) is 10.8 Å². The van der Waals surface area contributed by atoms with Crippen LogP contribution in [0.4, 0.5) is 0 Å². The van der Waals surface area contributed by atoms with Crippen LogP contribution in [0.2, 0.25) is 0 Å². The lowest BCUT2D eigenvalue weighted by Crippen LogP contribution is -1.97. The predicted molar refractivity (Wildman–Crippen MR) is 42.3 cm³/mol. The van der Waals surface area contributed by atoms with E-state index < -0.39 is 0 Å². The third-order valence-corrected chi connectivity index (χ3v) is 1.83. The first kappa shape index (κ1) is 6.28. The lowest BCUT2D eigenvalue weighted by Gasteiger charge is -1.98. The van der Waals surface area contributed by atoms with E-state index >= 15 is 0 Å². The van der Waals surface area contributed by atoms with Crippen molar-refractivity contribution in [2.75, 3.05) is 0 Å². The number of hydrogen-bond acceptors (Lipinski definition) is 2. The number of aryl methyl sites for hydroxylation is 1. The minimum absolute atomic E-state index is 0.0746. The normalized spacial score (nSPS) is 13.7. The van der Waals surface area contributed by atoms with Gasteiger partial charge in [-0.15, -0.1) is 0 Å². The highest BCUT2D eigenvalue weighted by atomic mass is 16.1. The van der Waals surface area contributed by atoms with Crippen molar-refractivity contribution in [1.82, 2.24) is 4.98 Å². The number of carbonyl (C=O) groups is 1. The molecule has 2 heteroatoms. The van der Waals surface area contributed by atoms with Crippen LogP contribution in [0.25, 0.3) is 6.08 Å². The van der Waals surface area contributed by atoms with Crippen LogP contribution < -0.4 is 0 Å². The fourth-order valence-electron chi connectivity index (χ4n) is 1.29. The molecule has 0 fully saturated rings. The van der Waals surface area contributed by atoms with E-state index in [1.165, 1.54) is 0 Å². The zero-order valence-electron chi connectivity index (χ0n) is 6.16. The minimum atomic E-state index is 0.0746. The van der Waals surface area contributed by atoms with Crippen LogP contribution in [0.5, 0.6) is 0 Å². The Hall–Kier alpha value is -1.44. The molecule has 0 saturated heterocycles. The van der Waals surface area contributed by atoms with E-state index in [0.717, 1.165) is 16.8 Å². The molecule has 0 unspecified atom stereocenters. The molecule has 1 aliphatic rings. The van der Waals surface area contributed by atoms with E-state index in [0.29, 0.717) is 0 Å². The number of pyridine rings is 1. The lowest BCUT2D eigenvalue weighted by molar-refractivity contribution is 0.104. The summed E-state index contributed by atoms with van der Waals surface area (Å²) < 4.78 is 0. The second-order valence-electron chi connectivity index (χ2n) is 2.56. The van der Waals surface area contributed by atoms with Gasteiger partial charge >= 0.3 is 0 Å². The van der Waals surface area contributed by atoms with Gasteiger partial charge in [-0.2, -0.15) is 0 Å². The molecule has 1 aliphatic carbocycles. The van der Waals surface area contributed by atoms with Gasteiger partial charge in [0, 0.05) is 11.9 Å². The van der Waals surface area contributed by atoms with Crippen molar-refractivity contribution in [3.8, 4) is 0 Å². The van der Waals surface area contributed by atoms with Gasteiger partial charge in [-0.1, -0.05) is 6.08 Å². The van der Waals surface area contributed by atoms with E-state index in [9.17, 15) is 4.79 Å². The molecule has 0 radical (unpaired) electrons. The van der Waals surface area contributed by atoms with Gasteiger partial charge in [-0.25, -0.2) is 0 Å². The number of nitrogens with zero attached hydrogens (tertiary/aromatic N) is 1. The van der Waals surface area contributed by atoms with E-state index in [2.05, 4.69) is 4.98 Å². The molecule has 1 aromatic rings. The van der Waals surface area contributed by atoms with Crippen LogP contribution >= 0.6 is 0 Å². The zero-order valence-corrected chi connectivity index (χ0v) is 6.16. The lowest BCUT2D eigenvalue weighted by atomic mass is 10.1. The molecule has 54 valence electrons. The second-order valence-corrected chi connectivity index (χ2v) is 2.56. The highest BCUT2D eigenvalue weighted by Crippen LogP contribution is 2.20. The number of fused-ring (bicyclic) bond motifs is 1. The van der Waals surface area contributed by atoms with E-state index in [1.807, 2.05) is 19.1 Å². The number of rotatable bonds is 0. The third kappa shape index (κ3) is 0.792. The maximum absolute atomic E-state index is 11.2. The highest BCUT2D eigenvalue weighted by molar-refractivity contribution is 6.14. The van der Waals surface area contributed by atoms with Gasteiger partial charge in [0.25, 0.3) is 0 Å². The van der Waals surface area contributed by atoms with Gasteiger partial charge in [0.2, 0.25) is 0 Å².